The number of nitrogens with zero attached hydrogens (tertiary/aromatic N) is 1. The Morgan fingerprint density at radius 3 is 2.67 bits per heavy atom. The van der Waals surface area contributed by atoms with Gasteiger partial charge in [-0.3, -0.25) is 10.1 Å². The zero-order valence-corrected chi connectivity index (χ0v) is 16.1. The second-order valence-electron chi connectivity index (χ2n) is 6.18. The number of esters is 1. The number of carbonyl (C=O) groups excluding carboxylic acids is 1. The molecule has 2 N–H and O–H groups in total. The number of aromatic nitrogens is 1. The van der Waals surface area contributed by atoms with E-state index >= 15 is 0 Å². The molecular formula is C21H22N2O3S. The van der Waals surface area contributed by atoms with Crippen molar-refractivity contribution in [2.24, 2.45) is 0 Å². The van der Waals surface area contributed by atoms with E-state index < -0.39 is 6.04 Å². The molecule has 1 heterocycles. The molecular weight excluding hydrogens is 360 g/mol. The molecule has 0 aliphatic carbocycles. The Bertz CT molecular complexity index is 928. The lowest BCUT2D eigenvalue weighted by Gasteiger charge is -2.18. The first-order chi connectivity index (χ1) is 13.1. The average molecular weight is 382 g/mol. The zero-order chi connectivity index (χ0) is 19.2. The van der Waals surface area contributed by atoms with Crippen LogP contribution in [0.25, 0.3) is 10.9 Å². The van der Waals surface area contributed by atoms with Crippen LogP contribution in [0.1, 0.15) is 11.1 Å². The van der Waals surface area contributed by atoms with Gasteiger partial charge in [0, 0.05) is 11.9 Å². The van der Waals surface area contributed by atoms with Crippen molar-refractivity contribution in [1.82, 2.24) is 10.3 Å². The molecule has 0 bridgehead atoms. The molecule has 2 aromatic carbocycles. The van der Waals surface area contributed by atoms with Crippen LogP contribution in [0.5, 0.6) is 5.75 Å². The molecule has 3 aromatic rings. The standard InChI is InChI=1S/C21H22N2O3S/c1-26-21(25)19(11-14-7-9-17(24)10-8-14)22-13-16-12-15-5-3-4-6-18(15)23-20(16)27-2/h3-10,12,19,22,24H,11,13H2,1-2H3/t19-/m0/s1. The summed E-state index contributed by atoms with van der Waals surface area (Å²) in [7, 11) is 1.39. The van der Waals surface area contributed by atoms with E-state index in [1.54, 1.807) is 36.0 Å². The number of phenols is 1. The maximum atomic E-state index is 12.2. The number of hydrogen-bond acceptors (Lipinski definition) is 6. The summed E-state index contributed by atoms with van der Waals surface area (Å²) in [5.41, 5.74) is 2.94. The number of hydrogen-bond donors (Lipinski definition) is 2. The fourth-order valence-corrected chi connectivity index (χ4v) is 3.51. The van der Waals surface area contributed by atoms with Gasteiger partial charge in [0.1, 0.15) is 16.8 Å². The normalized spacial score (nSPS) is 12.1. The van der Waals surface area contributed by atoms with Crippen molar-refractivity contribution in [1.29, 1.82) is 0 Å². The lowest BCUT2D eigenvalue weighted by atomic mass is 10.1. The summed E-state index contributed by atoms with van der Waals surface area (Å²) in [6.45, 7) is 0.506. The predicted octanol–water partition coefficient (Wildman–Crippen LogP) is 3.54. The summed E-state index contributed by atoms with van der Waals surface area (Å²) in [5.74, 6) is -0.115. The molecule has 1 atom stereocenters. The number of aromatic hydroxyl groups is 1. The number of methoxy groups -OCH3 is 1. The summed E-state index contributed by atoms with van der Waals surface area (Å²) in [4.78, 5) is 16.9. The van der Waals surface area contributed by atoms with Crippen molar-refractivity contribution < 1.29 is 14.6 Å². The molecule has 0 aliphatic heterocycles. The molecule has 0 spiro atoms. The van der Waals surface area contributed by atoms with Crippen LogP contribution in [0.2, 0.25) is 0 Å². The second kappa shape index (κ2) is 8.88. The summed E-state index contributed by atoms with van der Waals surface area (Å²) in [5, 5.41) is 14.7. The Labute approximate surface area is 162 Å². The van der Waals surface area contributed by atoms with Crippen molar-refractivity contribution in [2.45, 2.75) is 24.0 Å². The highest BCUT2D eigenvalue weighted by molar-refractivity contribution is 7.98. The SMILES string of the molecule is COC(=O)[C@H](Cc1ccc(O)cc1)NCc1cc2ccccc2nc1SC. The lowest BCUT2D eigenvalue weighted by molar-refractivity contribution is -0.143. The van der Waals surface area contributed by atoms with Crippen LogP contribution in [-0.4, -0.2) is 35.5 Å². The van der Waals surface area contributed by atoms with Crippen molar-refractivity contribution in [3.05, 3.63) is 65.7 Å². The number of nitrogens with one attached hydrogen (secondary N) is 1. The number of benzene rings is 2. The Balaban J connectivity index is 1.79. The summed E-state index contributed by atoms with van der Waals surface area (Å²) < 4.78 is 4.95. The molecule has 27 heavy (non-hydrogen) atoms. The molecule has 6 heteroatoms. The van der Waals surface area contributed by atoms with Crippen LogP contribution >= 0.6 is 11.8 Å². The van der Waals surface area contributed by atoms with Gasteiger partial charge in [0.25, 0.3) is 0 Å². The van der Waals surface area contributed by atoms with E-state index in [1.165, 1.54) is 7.11 Å². The second-order valence-corrected chi connectivity index (χ2v) is 6.97. The number of pyridine rings is 1. The molecule has 0 saturated heterocycles. The van der Waals surface area contributed by atoms with E-state index in [4.69, 9.17) is 9.72 Å². The minimum atomic E-state index is -0.485. The summed E-state index contributed by atoms with van der Waals surface area (Å²) in [6, 6.07) is 16.4. The quantitative estimate of drug-likeness (QED) is 0.481. The van der Waals surface area contributed by atoms with Crippen LogP contribution in [-0.2, 0) is 22.5 Å². The molecule has 1 aromatic heterocycles. The Morgan fingerprint density at radius 2 is 1.96 bits per heavy atom. The number of carbonyl (C=O) groups is 1. The Kier molecular flexibility index (Phi) is 6.32. The summed E-state index contributed by atoms with van der Waals surface area (Å²) >= 11 is 1.59. The molecule has 0 aliphatic rings. The van der Waals surface area contributed by atoms with Gasteiger partial charge in [-0.1, -0.05) is 30.3 Å². The molecule has 5 nitrogen and oxygen atoms in total. The molecule has 0 unspecified atom stereocenters. The molecule has 0 radical (unpaired) electrons. The lowest BCUT2D eigenvalue weighted by Crippen LogP contribution is -2.39. The van der Waals surface area contributed by atoms with Gasteiger partial charge in [-0.05, 0) is 48.1 Å². The van der Waals surface area contributed by atoms with Gasteiger partial charge in [0.2, 0.25) is 0 Å². The van der Waals surface area contributed by atoms with Gasteiger partial charge in [-0.2, -0.15) is 0 Å². The highest BCUT2D eigenvalue weighted by atomic mass is 32.2. The summed E-state index contributed by atoms with van der Waals surface area (Å²) in [6.07, 6.45) is 2.47. The van der Waals surface area contributed by atoms with Crippen molar-refractivity contribution in [3.63, 3.8) is 0 Å². The van der Waals surface area contributed by atoms with Gasteiger partial charge in [0.15, 0.2) is 0 Å². The topological polar surface area (TPSA) is 71.5 Å². The van der Waals surface area contributed by atoms with Gasteiger partial charge in [0.05, 0.1) is 12.6 Å². The van der Waals surface area contributed by atoms with Crippen LogP contribution in [0.4, 0.5) is 0 Å². The molecule has 0 saturated carbocycles. The fraction of sp³-hybridized carbons (Fsp3) is 0.238. The molecule has 3 rings (SSSR count). The van der Waals surface area contributed by atoms with Crippen LogP contribution in [0.15, 0.2) is 59.6 Å². The number of fused-ring (bicyclic) bond motifs is 1. The Hall–Kier alpha value is -2.57. The average Bonchev–Trinajstić information content (AvgIpc) is 2.71. The number of ether oxygens (including phenoxy) is 1. The third kappa shape index (κ3) is 4.78. The first-order valence-corrected chi connectivity index (χ1v) is 9.85. The van der Waals surface area contributed by atoms with Gasteiger partial charge in [-0.25, -0.2) is 4.98 Å². The van der Waals surface area contributed by atoms with Gasteiger partial charge < -0.3 is 9.84 Å². The van der Waals surface area contributed by atoms with E-state index in [0.717, 1.165) is 27.1 Å². The number of thioether (sulfide) groups is 1. The van der Waals surface area contributed by atoms with Crippen LogP contribution < -0.4 is 5.32 Å². The predicted molar refractivity (Wildman–Crippen MR) is 108 cm³/mol. The zero-order valence-electron chi connectivity index (χ0n) is 15.3. The first kappa shape index (κ1) is 19.2. The van der Waals surface area contributed by atoms with Crippen molar-refractivity contribution in [2.75, 3.05) is 13.4 Å². The van der Waals surface area contributed by atoms with E-state index in [1.807, 2.05) is 30.5 Å². The number of para-hydroxylation sites is 1. The minimum Gasteiger partial charge on any atom is -0.508 e. The maximum absolute atomic E-state index is 12.2. The van der Waals surface area contributed by atoms with E-state index in [0.29, 0.717) is 13.0 Å². The first-order valence-electron chi connectivity index (χ1n) is 8.62. The maximum Gasteiger partial charge on any atom is 0.323 e. The van der Waals surface area contributed by atoms with E-state index in [2.05, 4.69) is 11.4 Å². The molecule has 0 amide bonds. The largest absolute Gasteiger partial charge is 0.508 e. The number of rotatable bonds is 7. The van der Waals surface area contributed by atoms with Crippen LogP contribution in [0.3, 0.4) is 0 Å². The van der Waals surface area contributed by atoms with Crippen molar-refractivity contribution in [3.8, 4) is 5.75 Å². The van der Waals surface area contributed by atoms with Gasteiger partial charge >= 0.3 is 5.97 Å². The fourth-order valence-electron chi connectivity index (χ4n) is 2.93. The minimum absolute atomic E-state index is 0.202. The third-order valence-corrected chi connectivity index (χ3v) is 5.10. The third-order valence-electron chi connectivity index (χ3n) is 4.36. The van der Waals surface area contributed by atoms with E-state index in [9.17, 15) is 9.90 Å². The highest BCUT2D eigenvalue weighted by Crippen LogP contribution is 2.23. The number of phenolic OH excluding ortho intramolecular Hbond substituents is 1. The molecule has 0 fully saturated rings. The Morgan fingerprint density at radius 1 is 1.22 bits per heavy atom. The monoisotopic (exact) mass is 382 g/mol. The van der Waals surface area contributed by atoms with Gasteiger partial charge in [-0.15, -0.1) is 11.8 Å². The van der Waals surface area contributed by atoms with Crippen LogP contribution in [0, 0.1) is 0 Å². The van der Waals surface area contributed by atoms with Crippen molar-refractivity contribution >= 4 is 28.6 Å². The highest BCUT2D eigenvalue weighted by Gasteiger charge is 2.20. The molecule has 140 valence electrons. The van der Waals surface area contributed by atoms with E-state index in [-0.39, 0.29) is 11.7 Å². The smallest absolute Gasteiger partial charge is 0.323 e.